The predicted molar refractivity (Wildman–Crippen MR) is 117 cm³/mol. The second kappa shape index (κ2) is 22.0. The van der Waals surface area contributed by atoms with Gasteiger partial charge in [0.05, 0.1) is 0 Å². The maximum atomic E-state index is 10.4. The van der Waals surface area contributed by atoms with E-state index in [9.17, 15) is 9.59 Å². The van der Waals surface area contributed by atoms with E-state index in [0.717, 1.165) is 25.7 Å². The first kappa shape index (κ1) is 26.7. The Morgan fingerprint density at radius 1 is 0.429 bits per heavy atom. The van der Waals surface area contributed by atoms with Crippen LogP contribution in [0.1, 0.15) is 128 Å². The first-order chi connectivity index (χ1) is 13.6. The number of carboxylic acid groups (broad SMARTS) is 2. The van der Waals surface area contributed by atoms with Crippen molar-refractivity contribution < 1.29 is 19.8 Å². The molecule has 0 amide bonds. The van der Waals surface area contributed by atoms with Crippen LogP contribution in [0, 0.1) is 0 Å². The minimum atomic E-state index is -0.674. The molecule has 0 heterocycles. The highest BCUT2D eigenvalue weighted by Crippen LogP contribution is 2.13. The van der Waals surface area contributed by atoms with Crippen LogP contribution < -0.4 is 0 Å². The molecule has 4 nitrogen and oxygen atoms in total. The molecule has 0 aromatic rings. The molecule has 2 N–H and O–H groups in total. The van der Waals surface area contributed by atoms with E-state index < -0.39 is 11.9 Å². The van der Waals surface area contributed by atoms with Crippen molar-refractivity contribution in [3.63, 3.8) is 0 Å². The van der Waals surface area contributed by atoms with Crippen LogP contribution in [0.4, 0.5) is 0 Å². The highest BCUT2D eigenvalue weighted by atomic mass is 16.4. The fourth-order valence-corrected chi connectivity index (χ4v) is 3.43. The molecule has 0 saturated heterocycles. The van der Waals surface area contributed by atoms with E-state index in [0.29, 0.717) is 12.8 Å². The third-order valence-corrected chi connectivity index (χ3v) is 5.19. The Balaban J connectivity index is 3.10. The molecule has 0 aromatic carbocycles. The van der Waals surface area contributed by atoms with Crippen LogP contribution in [0.25, 0.3) is 0 Å². The van der Waals surface area contributed by atoms with Gasteiger partial charge in [0, 0.05) is 12.8 Å². The van der Waals surface area contributed by atoms with Crippen molar-refractivity contribution in [2.45, 2.75) is 128 Å². The van der Waals surface area contributed by atoms with Gasteiger partial charge in [-0.15, -0.1) is 0 Å². The molecule has 164 valence electrons. The summed E-state index contributed by atoms with van der Waals surface area (Å²) in [5, 5.41) is 17.1. The van der Waals surface area contributed by atoms with Crippen molar-refractivity contribution in [2.24, 2.45) is 0 Å². The summed E-state index contributed by atoms with van der Waals surface area (Å²) in [5.41, 5.74) is 0. The van der Waals surface area contributed by atoms with Crippen LogP contribution in [0.15, 0.2) is 12.2 Å². The Bertz CT molecular complexity index is 390. The van der Waals surface area contributed by atoms with Crippen molar-refractivity contribution >= 4 is 11.9 Å². The molecule has 0 aromatic heterocycles. The number of aliphatic carboxylic acids is 2. The van der Waals surface area contributed by atoms with Gasteiger partial charge in [-0.2, -0.15) is 0 Å². The van der Waals surface area contributed by atoms with E-state index in [1.807, 2.05) is 0 Å². The first-order valence-corrected chi connectivity index (χ1v) is 11.7. The van der Waals surface area contributed by atoms with Gasteiger partial charge in [0.2, 0.25) is 0 Å². The normalized spacial score (nSPS) is 11.3. The van der Waals surface area contributed by atoms with Crippen LogP contribution in [-0.4, -0.2) is 22.2 Å². The van der Waals surface area contributed by atoms with Crippen LogP contribution in [-0.2, 0) is 9.59 Å². The summed E-state index contributed by atoms with van der Waals surface area (Å²) in [4.78, 5) is 20.8. The number of carbonyl (C=O) groups is 2. The summed E-state index contributed by atoms with van der Waals surface area (Å²) in [6, 6.07) is 0. The number of rotatable bonds is 22. The lowest BCUT2D eigenvalue weighted by Crippen LogP contribution is -1.93. The van der Waals surface area contributed by atoms with Gasteiger partial charge in [-0.05, 0) is 38.5 Å². The average molecular weight is 397 g/mol. The van der Waals surface area contributed by atoms with Crippen molar-refractivity contribution in [2.75, 3.05) is 0 Å². The van der Waals surface area contributed by atoms with E-state index in [2.05, 4.69) is 12.2 Å². The Kier molecular flexibility index (Phi) is 20.9. The molecule has 0 spiro atoms. The van der Waals surface area contributed by atoms with Crippen molar-refractivity contribution in [3.8, 4) is 0 Å². The molecule has 0 bridgehead atoms. The molecule has 0 fully saturated rings. The SMILES string of the molecule is O=C(O)CCCCCCCCC=CCCCCCCCCCCCCC(=O)O. The Labute approximate surface area is 172 Å². The fourth-order valence-electron chi connectivity index (χ4n) is 3.43. The Morgan fingerprint density at radius 3 is 0.964 bits per heavy atom. The molecule has 0 rings (SSSR count). The van der Waals surface area contributed by atoms with Gasteiger partial charge in [-0.3, -0.25) is 9.59 Å². The molecule has 0 radical (unpaired) electrons. The van der Waals surface area contributed by atoms with E-state index in [1.54, 1.807) is 0 Å². The molecule has 0 aliphatic heterocycles. The van der Waals surface area contributed by atoms with Crippen molar-refractivity contribution in [1.82, 2.24) is 0 Å². The van der Waals surface area contributed by atoms with Gasteiger partial charge in [0.1, 0.15) is 0 Å². The standard InChI is InChI=1S/C24H44O4/c25-23(26)21-19-17-15-13-11-9-7-5-3-1-2-4-6-8-10-12-14-16-18-20-22-24(27)28/h3,5H,1-2,4,6-22H2,(H,25,26)(H,27,28). The molecule has 0 atom stereocenters. The maximum absolute atomic E-state index is 10.4. The van der Waals surface area contributed by atoms with Gasteiger partial charge in [-0.1, -0.05) is 89.2 Å². The molecule has 0 aliphatic rings. The Morgan fingerprint density at radius 2 is 0.679 bits per heavy atom. The summed E-state index contributed by atoms with van der Waals surface area (Å²) < 4.78 is 0. The monoisotopic (exact) mass is 396 g/mol. The number of allylic oxidation sites excluding steroid dienone is 2. The lowest BCUT2D eigenvalue weighted by molar-refractivity contribution is -0.138. The lowest BCUT2D eigenvalue weighted by atomic mass is 10.0. The average Bonchev–Trinajstić information content (AvgIpc) is 2.65. The van der Waals surface area contributed by atoms with Gasteiger partial charge in [0.25, 0.3) is 0 Å². The summed E-state index contributed by atoms with van der Waals surface area (Å²) in [5.74, 6) is -1.34. The van der Waals surface area contributed by atoms with Gasteiger partial charge in [-0.25, -0.2) is 0 Å². The van der Waals surface area contributed by atoms with Gasteiger partial charge >= 0.3 is 11.9 Å². The van der Waals surface area contributed by atoms with Crippen molar-refractivity contribution in [1.29, 1.82) is 0 Å². The minimum absolute atomic E-state index is 0.318. The van der Waals surface area contributed by atoms with Crippen LogP contribution in [0.3, 0.4) is 0 Å². The molecule has 0 saturated carbocycles. The lowest BCUT2D eigenvalue weighted by Gasteiger charge is -2.02. The van der Waals surface area contributed by atoms with E-state index in [1.165, 1.54) is 89.9 Å². The topological polar surface area (TPSA) is 74.6 Å². The van der Waals surface area contributed by atoms with E-state index in [-0.39, 0.29) is 0 Å². The third-order valence-electron chi connectivity index (χ3n) is 5.19. The zero-order valence-electron chi connectivity index (χ0n) is 18.0. The molecule has 28 heavy (non-hydrogen) atoms. The zero-order valence-corrected chi connectivity index (χ0v) is 18.0. The highest BCUT2D eigenvalue weighted by molar-refractivity contribution is 5.66. The number of unbranched alkanes of at least 4 members (excludes halogenated alkanes) is 16. The zero-order chi connectivity index (χ0) is 20.7. The third kappa shape index (κ3) is 24.7. The number of hydrogen-bond acceptors (Lipinski definition) is 2. The fraction of sp³-hybridized carbons (Fsp3) is 0.833. The Hall–Kier alpha value is -1.32. The number of carboxylic acids is 2. The second-order valence-corrected chi connectivity index (χ2v) is 7.99. The molecular weight excluding hydrogens is 352 g/mol. The van der Waals surface area contributed by atoms with Crippen LogP contribution >= 0.6 is 0 Å². The molecule has 0 unspecified atom stereocenters. The van der Waals surface area contributed by atoms with E-state index >= 15 is 0 Å². The maximum Gasteiger partial charge on any atom is 0.303 e. The molecule has 0 aliphatic carbocycles. The summed E-state index contributed by atoms with van der Waals surface area (Å²) in [6.45, 7) is 0. The first-order valence-electron chi connectivity index (χ1n) is 11.7. The molecular formula is C24H44O4. The van der Waals surface area contributed by atoms with Crippen LogP contribution in [0.5, 0.6) is 0 Å². The van der Waals surface area contributed by atoms with Gasteiger partial charge < -0.3 is 10.2 Å². The summed E-state index contributed by atoms with van der Waals surface area (Å²) in [6.07, 6.45) is 26.8. The van der Waals surface area contributed by atoms with E-state index in [4.69, 9.17) is 10.2 Å². The van der Waals surface area contributed by atoms with Crippen molar-refractivity contribution in [3.05, 3.63) is 12.2 Å². The summed E-state index contributed by atoms with van der Waals surface area (Å²) >= 11 is 0. The quantitative estimate of drug-likeness (QED) is 0.147. The second-order valence-electron chi connectivity index (χ2n) is 7.99. The number of hydrogen-bond donors (Lipinski definition) is 2. The molecule has 4 heteroatoms. The highest BCUT2D eigenvalue weighted by Gasteiger charge is 1.97. The smallest absolute Gasteiger partial charge is 0.303 e. The van der Waals surface area contributed by atoms with Gasteiger partial charge in [0.15, 0.2) is 0 Å². The predicted octanol–water partition coefficient (Wildman–Crippen LogP) is 7.51. The van der Waals surface area contributed by atoms with Crippen LogP contribution in [0.2, 0.25) is 0 Å². The largest absolute Gasteiger partial charge is 0.481 e. The minimum Gasteiger partial charge on any atom is -0.481 e. The summed E-state index contributed by atoms with van der Waals surface area (Å²) in [7, 11) is 0.